The number of carboxylic acids is 1. The standard InChI is InChI=1S/C54H84O22/c1-11-23(2)45(68)76-42-43(70-24(3)57)54(22-56)26(18-49(42,4)5)25-12-13-30-51(8)16-15-32(50(6,7)29(51)14-17-52(30,9)53(25,10)19-31(54)59)72-48-40(74-46-36(63)33(60)27(58)21-69-46)38(65)39(41(75-48)44(66)67)73-47-37(64)35(62)34(61)28(20-55)71-47/h11-12,26-43,46-48,55-56,58-65H,13-22H2,1-10H3,(H,66,67)/b23-11+/t26-,27+,28+,29-,30+,31+,32-,33-,34-,35-,36+,37+,38-,39-,40+,41-,42-,43-,46-,47-,48+,51-,52+,53+,54-/m0/s1. The maximum absolute atomic E-state index is 13.4. The van der Waals surface area contributed by atoms with Crippen LogP contribution in [-0.2, 0) is 52.3 Å². The molecule has 0 spiro atoms. The molecule has 5 aliphatic carbocycles. The van der Waals surface area contributed by atoms with Gasteiger partial charge in [0.1, 0.15) is 73.2 Å². The van der Waals surface area contributed by atoms with E-state index < -0.39 is 181 Å². The Labute approximate surface area is 443 Å². The van der Waals surface area contributed by atoms with Gasteiger partial charge in [0.15, 0.2) is 25.0 Å². The predicted octanol–water partition coefficient (Wildman–Crippen LogP) is 0.346. The Kier molecular flexibility index (Phi) is 16.6. The molecule has 76 heavy (non-hydrogen) atoms. The zero-order valence-corrected chi connectivity index (χ0v) is 45.3. The largest absolute Gasteiger partial charge is 0.479 e. The first-order valence-electron chi connectivity index (χ1n) is 26.9. The van der Waals surface area contributed by atoms with E-state index in [1.54, 1.807) is 19.9 Å². The molecule has 3 heterocycles. The van der Waals surface area contributed by atoms with Crippen molar-refractivity contribution in [2.24, 2.45) is 50.2 Å². The number of hydrogen-bond acceptors (Lipinski definition) is 21. The van der Waals surface area contributed by atoms with Crippen LogP contribution in [0.5, 0.6) is 0 Å². The number of rotatable bonds is 12. The maximum Gasteiger partial charge on any atom is 0.335 e. The third-order valence-corrected chi connectivity index (χ3v) is 20.5. The monoisotopic (exact) mass is 1080 g/mol. The average molecular weight is 1090 g/mol. The van der Waals surface area contributed by atoms with Crippen molar-refractivity contribution in [2.45, 2.75) is 225 Å². The molecule has 7 fully saturated rings. The Balaban J connectivity index is 1.09. The van der Waals surface area contributed by atoms with Gasteiger partial charge >= 0.3 is 17.9 Å². The van der Waals surface area contributed by atoms with Crippen molar-refractivity contribution < 1.29 is 108 Å². The summed E-state index contributed by atoms with van der Waals surface area (Å²) in [7, 11) is 0. The van der Waals surface area contributed by atoms with Gasteiger partial charge in [0.2, 0.25) is 0 Å². The Morgan fingerprint density at radius 1 is 0.724 bits per heavy atom. The molecule has 0 bridgehead atoms. The van der Waals surface area contributed by atoms with E-state index in [1.165, 1.54) is 6.92 Å². The normalized spacial score (nSPS) is 49.9. The van der Waals surface area contributed by atoms with Crippen LogP contribution in [0.25, 0.3) is 0 Å². The van der Waals surface area contributed by atoms with Crippen molar-refractivity contribution in [2.75, 3.05) is 19.8 Å². The van der Waals surface area contributed by atoms with Crippen LogP contribution in [-0.4, -0.2) is 204 Å². The molecule has 22 heteroatoms. The first-order chi connectivity index (χ1) is 35.4. The number of esters is 2. The summed E-state index contributed by atoms with van der Waals surface area (Å²) in [4.78, 5) is 39.4. The Morgan fingerprint density at radius 3 is 2.00 bits per heavy atom. The summed E-state index contributed by atoms with van der Waals surface area (Å²) < 4.78 is 48.2. The number of hydrogen-bond donors (Lipinski definition) is 11. The van der Waals surface area contributed by atoms with Gasteiger partial charge in [-0.05, 0) is 98.2 Å². The van der Waals surface area contributed by atoms with E-state index in [9.17, 15) is 70.6 Å². The van der Waals surface area contributed by atoms with Crippen LogP contribution in [0, 0.1) is 50.2 Å². The zero-order valence-electron chi connectivity index (χ0n) is 45.3. The van der Waals surface area contributed by atoms with Gasteiger partial charge in [-0.3, -0.25) is 4.79 Å². The van der Waals surface area contributed by atoms with E-state index in [1.807, 2.05) is 13.8 Å². The van der Waals surface area contributed by atoms with Crippen molar-refractivity contribution >= 4 is 17.9 Å². The van der Waals surface area contributed by atoms with Crippen molar-refractivity contribution in [3.8, 4) is 0 Å². The second-order valence-corrected chi connectivity index (χ2v) is 25.2. The minimum atomic E-state index is -2.05. The number of fused-ring (bicyclic) bond motifs is 7. The number of carbonyl (C=O) groups excluding carboxylic acids is 2. The van der Waals surface area contributed by atoms with Crippen LogP contribution < -0.4 is 0 Å². The van der Waals surface area contributed by atoms with E-state index in [0.717, 1.165) is 5.57 Å². The second kappa shape index (κ2) is 21.3. The highest BCUT2D eigenvalue weighted by Gasteiger charge is 2.74. The van der Waals surface area contributed by atoms with E-state index in [2.05, 4.69) is 40.7 Å². The van der Waals surface area contributed by atoms with Gasteiger partial charge < -0.3 is 94.1 Å². The fraction of sp³-hybridized carbons (Fsp3) is 0.870. The number of allylic oxidation sites excluding steroid dienone is 3. The molecular formula is C54H84O22. The lowest BCUT2D eigenvalue weighted by Gasteiger charge is -2.72. The van der Waals surface area contributed by atoms with Crippen LogP contribution in [0.4, 0.5) is 0 Å². The summed E-state index contributed by atoms with van der Waals surface area (Å²) in [6, 6.07) is 0. The number of carbonyl (C=O) groups is 3. The maximum atomic E-state index is 13.4. The summed E-state index contributed by atoms with van der Waals surface area (Å²) in [6.07, 6.45) is -21.8. The van der Waals surface area contributed by atoms with Crippen LogP contribution in [0.3, 0.4) is 0 Å². The lowest BCUT2D eigenvalue weighted by atomic mass is 9.33. The lowest BCUT2D eigenvalue weighted by molar-refractivity contribution is -0.386. The van der Waals surface area contributed by atoms with E-state index in [4.69, 9.17) is 37.9 Å². The third-order valence-electron chi connectivity index (χ3n) is 20.5. The lowest BCUT2D eigenvalue weighted by Crippen LogP contribution is -2.72. The SMILES string of the molecule is C/C=C(\C)C(=O)O[C@H]1[C@H](OC(C)=O)[C@]2(CO)[C@H](O)C[C@]3(C)C(=CC[C@@H]4[C@@]5(C)CC[C@H](O[C@@H]6O[C@H](C(=O)O)[C@@H](O[C@@H]7O[C@H](CO)[C@H](O)[C@H](O)[C@H]7O)[C@H](O)[C@H]6O[C@@H]6OC[C@@H](O)[C@H](O)[C@H]6O)C(C)(C)[C@@H]5CC[C@]43C)[C@@H]2CC1(C)C. The minimum absolute atomic E-state index is 0.0380. The second-order valence-electron chi connectivity index (χ2n) is 25.2. The Morgan fingerprint density at radius 2 is 1.38 bits per heavy atom. The van der Waals surface area contributed by atoms with Crippen LogP contribution in [0.2, 0.25) is 0 Å². The molecule has 0 amide bonds. The first kappa shape index (κ1) is 59.4. The van der Waals surface area contributed by atoms with Gasteiger partial charge in [0.25, 0.3) is 0 Å². The molecule has 4 saturated carbocycles. The number of ether oxygens (including phenoxy) is 8. The van der Waals surface area contributed by atoms with E-state index in [0.29, 0.717) is 44.1 Å². The zero-order chi connectivity index (χ0) is 56.2. The summed E-state index contributed by atoms with van der Waals surface area (Å²) in [5.74, 6) is -3.30. The predicted molar refractivity (Wildman–Crippen MR) is 262 cm³/mol. The molecule has 3 saturated heterocycles. The number of aliphatic hydroxyl groups is 10. The van der Waals surface area contributed by atoms with Crippen molar-refractivity contribution in [3.63, 3.8) is 0 Å². The molecule has 3 aliphatic heterocycles. The highest BCUT2D eigenvalue weighted by molar-refractivity contribution is 5.87. The molecule has 0 aromatic carbocycles. The molecule has 11 N–H and O–H groups in total. The molecule has 432 valence electrons. The number of aliphatic hydroxyl groups excluding tert-OH is 10. The molecule has 0 radical (unpaired) electrons. The number of carboxylic acid groups (broad SMARTS) is 1. The van der Waals surface area contributed by atoms with Gasteiger partial charge in [-0.25, -0.2) is 9.59 Å². The van der Waals surface area contributed by atoms with Gasteiger partial charge in [-0.2, -0.15) is 0 Å². The molecule has 0 aromatic heterocycles. The fourth-order valence-corrected chi connectivity index (χ4v) is 15.9. The van der Waals surface area contributed by atoms with E-state index >= 15 is 0 Å². The highest BCUT2D eigenvalue weighted by atomic mass is 16.8. The summed E-state index contributed by atoms with van der Waals surface area (Å²) in [6.45, 7) is 17.6. The van der Waals surface area contributed by atoms with Gasteiger partial charge in [0, 0.05) is 17.9 Å². The van der Waals surface area contributed by atoms with Crippen molar-refractivity contribution in [3.05, 3.63) is 23.3 Å². The smallest absolute Gasteiger partial charge is 0.335 e. The number of aliphatic carboxylic acids is 1. The van der Waals surface area contributed by atoms with Gasteiger partial charge in [-0.1, -0.05) is 66.2 Å². The molecule has 25 atom stereocenters. The molecule has 22 nitrogen and oxygen atoms in total. The molecule has 0 aromatic rings. The summed E-state index contributed by atoms with van der Waals surface area (Å²) in [5, 5.41) is 120. The topological polar surface area (TPSA) is 348 Å². The summed E-state index contributed by atoms with van der Waals surface area (Å²) in [5.41, 5.74) is -2.80. The highest BCUT2D eigenvalue weighted by Crippen LogP contribution is 2.76. The van der Waals surface area contributed by atoms with Crippen molar-refractivity contribution in [1.29, 1.82) is 0 Å². The third kappa shape index (κ3) is 9.42. The molecule has 8 aliphatic rings. The minimum Gasteiger partial charge on any atom is -0.479 e. The van der Waals surface area contributed by atoms with Crippen LogP contribution in [0.15, 0.2) is 23.3 Å². The van der Waals surface area contributed by atoms with Crippen molar-refractivity contribution in [1.82, 2.24) is 0 Å². The molecular weight excluding hydrogens is 1000 g/mol. The fourth-order valence-electron chi connectivity index (χ4n) is 15.9. The first-order valence-corrected chi connectivity index (χ1v) is 26.9. The quantitative estimate of drug-likeness (QED) is 0.0543. The van der Waals surface area contributed by atoms with Gasteiger partial charge in [0.05, 0.1) is 37.4 Å². The summed E-state index contributed by atoms with van der Waals surface area (Å²) >= 11 is 0. The Bertz CT molecular complexity index is 2220. The average Bonchev–Trinajstić information content (AvgIpc) is 3.45. The molecule has 0 unspecified atom stereocenters. The van der Waals surface area contributed by atoms with Crippen LogP contribution >= 0.6 is 0 Å². The van der Waals surface area contributed by atoms with E-state index in [-0.39, 0.29) is 23.7 Å². The van der Waals surface area contributed by atoms with Gasteiger partial charge in [-0.15, -0.1) is 0 Å². The Hall–Kier alpha value is -2.75. The molecule has 8 rings (SSSR count). The van der Waals surface area contributed by atoms with Crippen LogP contribution in [0.1, 0.15) is 114 Å².